The number of ether oxygens (including phenoxy) is 7. The number of hydrogen-bond donors (Lipinski definition) is 1. The summed E-state index contributed by atoms with van der Waals surface area (Å²) in [6.45, 7) is 6.81. The molecule has 6 atom stereocenters. The lowest BCUT2D eigenvalue weighted by Crippen LogP contribution is -2.61. The van der Waals surface area contributed by atoms with E-state index in [0.29, 0.717) is 39.1 Å². The van der Waals surface area contributed by atoms with Gasteiger partial charge in [0.15, 0.2) is 0 Å². The maximum absolute atomic E-state index is 12.2. The average Bonchev–Trinajstić information content (AvgIpc) is 3.07. The lowest BCUT2D eigenvalue weighted by Gasteiger charge is -2.50. The van der Waals surface area contributed by atoms with Gasteiger partial charge in [-0.2, -0.15) is 0 Å². The molecule has 2 aromatic rings. The van der Waals surface area contributed by atoms with Crippen molar-refractivity contribution in [1.82, 2.24) is 0 Å². The van der Waals surface area contributed by atoms with Gasteiger partial charge in [-0.05, 0) is 69.0 Å². The normalized spacial score (nSPS) is 29.7. The van der Waals surface area contributed by atoms with Crippen molar-refractivity contribution in [3.63, 3.8) is 0 Å². The molecule has 9 nitrogen and oxygen atoms in total. The molecule has 226 valence electrons. The van der Waals surface area contributed by atoms with Gasteiger partial charge in [0.05, 0.1) is 76.6 Å². The summed E-state index contributed by atoms with van der Waals surface area (Å²) in [5, 5.41) is 11.4. The monoisotopic (exact) mass is 572 g/mol. The number of methoxy groups -OCH3 is 2. The third kappa shape index (κ3) is 8.20. The van der Waals surface area contributed by atoms with E-state index in [2.05, 4.69) is 0 Å². The maximum Gasteiger partial charge on any atom is 0.308 e. The van der Waals surface area contributed by atoms with Crippen LogP contribution in [0.25, 0.3) is 0 Å². The molecule has 0 unspecified atom stereocenters. The van der Waals surface area contributed by atoms with Crippen molar-refractivity contribution in [2.24, 2.45) is 0 Å². The first kappa shape index (κ1) is 31.3. The van der Waals surface area contributed by atoms with E-state index in [9.17, 15) is 9.90 Å². The van der Waals surface area contributed by atoms with Crippen LogP contribution in [0.4, 0.5) is 0 Å². The van der Waals surface area contributed by atoms with Crippen LogP contribution in [-0.2, 0) is 41.7 Å². The number of fused-ring (bicyclic) bond motifs is 1. The van der Waals surface area contributed by atoms with E-state index in [4.69, 9.17) is 33.2 Å². The first-order valence-corrected chi connectivity index (χ1v) is 14.3. The zero-order valence-corrected chi connectivity index (χ0v) is 24.8. The number of esters is 1. The molecular formula is C32H44O9. The first-order chi connectivity index (χ1) is 19.7. The number of benzene rings is 2. The zero-order chi connectivity index (χ0) is 29.5. The van der Waals surface area contributed by atoms with E-state index >= 15 is 0 Å². The van der Waals surface area contributed by atoms with Gasteiger partial charge in [-0.3, -0.25) is 4.79 Å². The fourth-order valence-electron chi connectivity index (χ4n) is 5.75. The van der Waals surface area contributed by atoms with E-state index in [0.717, 1.165) is 22.6 Å². The van der Waals surface area contributed by atoms with Gasteiger partial charge in [-0.15, -0.1) is 0 Å². The Hall–Kier alpha value is -2.69. The molecule has 0 bridgehead atoms. The molecule has 0 aromatic heterocycles. The first-order valence-electron chi connectivity index (χ1n) is 14.3. The van der Waals surface area contributed by atoms with Gasteiger partial charge in [0.1, 0.15) is 17.6 Å². The van der Waals surface area contributed by atoms with E-state index in [1.165, 1.54) is 0 Å². The molecular weight excluding hydrogens is 528 g/mol. The predicted octanol–water partition coefficient (Wildman–Crippen LogP) is 4.61. The third-order valence-electron chi connectivity index (χ3n) is 7.95. The smallest absolute Gasteiger partial charge is 0.308 e. The number of carbonyl (C=O) groups excluding carboxylic acids is 1. The summed E-state index contributed by atoms with van der Waals surface area (Å²) in [4.78, 5) is 12.2. The Morgan fingerprint density at radius 3 is 2.15 bits per heavy atom. The molecule has 9 heteroatoms. The second kappa shape index (κ2) is 14.0. The summed E-state index contributed by atoms with van der Waals surface area (Å²) in [6.07, 6.45) is -0.0932. The number of hydrogen-bond acceptors (Lipinski definition) is 9. The Bertz CT molecular complexity index is 1100. The minimum absolute atomic E-state index is 0.0147. The molecule has 0 radical (unpaired) electrons. The van der Waals surface area contributed by atoms with Crippen LogP contribution in [-0.4, -0.2) is 74.1 Å². The minimum Gasteiger partial charge on any atom is -0.497 e. The molecule has 2 aliphatic rings. The Morgan fingerprint density at radius 2 is 1.56 bits per heavy atom. The Kier molecular flexibility index (Phi) is 10.7. The fourth-order valence-corrected chi connectivity index (χ4v) is 5.75. The van der Waals surface area contributed by atoms with Gasteiger partial charge in [-0.1, -0.05) is 24.3 Å². The van der Waals surface area contributed by atoms with Crippen LogP contribution in [0.5, 0.6) is 11.5 Å². The molecule has 41 heavy (non-hydrogen) atoms. The lowest BCUT2D eigenvalue weighted by atomic mass is 9.77. The van der Waals surface area contributed by atoms with Crippen molar-refractivity contribution in [3.8, 4) is 11.5 Å². The average molecular weight is 573 g/mol. The third-order valence-corrected chi connectivity index (χ3v) is 7.95. The maximum atomic E-state index is 12.2. The molecule has 2 heterocycles. The van der Waals surface area contributed by atoms with E-state index < -0.39 is 23.4 Å². The summed E-state index contributed by atoms with van der Waals surface area (Å²) in [5.74, 6) is 1.19. The molecule has 2 fully saturated rings. The minimum atomic E-state index is -1.28. The van der Waals surface area contributed by atoms with Crippen molar-refractivity contribution >= 4 is 5.97 Å². The summed E-state index contributed by atoms with van der Waals surface area (Å²) in [7, 11) is 3.28. The molecule has 0 aliphatic carbocycles. The highest BCUT2D eigenvalue weighted by Crippen LogP contribution is 2.44. The molecule has 0 saturated carbocycles. The van der Waals surface area contributed by atoms with Crippen molar-refractivity contribution in [2.75, 3.05) is 27.4 Å². The number of carbonyl (C=O) groups is 1. The van der Waals surface area contributed by atoms with Crippen LogP contribution in [0.15, 0.2) is 48.5 Å². The van der Waals surface area contributed by atoms with Gasteiger partial charge < -0.3 is 38.3 Å². The SMILES string of the molecule is CCOC(=O)C[C@H]1O[C@H]2CC[C@@H](OCc3ccc(OC)cc3)[C@H](COCc3ccc(OC)cc3)O[C@]2(C)C[C@]1(C)O. The van der Waals surface area contributed by atoms with Crippen molar-refractivity contribution < 1.29 is 43.1 Å². The molecule has 2 aliphatic heterocycles. The van der Waals surface area contributed by atoms with Crippen molar-refractivity contribution in [2.45, 2.75) is 95.3 Å². The van der Waals surface area contributed by atoms with Crippen LogP contribution in [0.2, 0.25) is 0 Å². The summed E-state index contributed by atoms with van der Waals surface area (Å²) < 4.78 is 41.4. The standard InChI is InChI=1S/C32H44O9/c1-6-38-30(33)17-29-31(2,34)21-32(3)28(40-29)16-15-26(39-19-23-9-13-25(36-5)14-10-23)27(41-32)20-37-18-22-7-11-24(35-4)12-8-22/h7-14,26-29,34H,6,15-21H2,1-5H3/t26-,27+,28+,29-,31+,32-/m1/s1. The van der Waals surface area contributed by atoms with Gasteiger partial charge >= 0.3 is 5.97 Å². The molecule has 2 saturated heterocycles. The molecule has 4 rings (SSSR count). The van der Waals surface area contributed by atoms with Crippen LogP contribution in [0.1, 0.15) is 57.6 Å². The largest absolute Gasteiger partial charge is 0.497 e. The fraction of sp³-hybridized carbons (Fsp3) is 0.594. The number of rotatable bonds is 12. The molecule has 2 aromatic carbocycles. The van der Waals surface area contributed by atoms with Crippen molar-refractivity contribution in [3.05, 3.63) is 59.7 Å². The van der Waals surface area contributed by atoms with Gasteiger partial charge in [0.2, 0.25) is 0 Å². The van der Waals surface area contributed by atoms with Crippen LogP contribution in [0, 0.1) is 0 Å². The quantitative estimate of drug-likeness (QED) is 0.366. The summed E-state index contributed by atoms with van der Waals surface area (Å²) in [5.41, 5.74) is -0.0488. The van der Waals surface area contributed by atoms with Crippen molar-refractivity contribution in [1.29, 1.82) is 0 Å². The molecule has 0 amide bonds. The van der Waals surface area contributed by atoms with Crippen LogP contribution >= 0.6 is 0 Å². The highest BCUT2D eigenvalue weighted by atomic mass is 16.6. The Balaban J connectivity index is 1.48. The highest BCUT2D eigenvalue weighted by molar-refractivity contribution is 5.70. The molecule has 0 spiro atoms. The highest BCUT2D eigenvalue weighted by Gasteiger charge is 2.55. The van der Waals surface area contributed by atoms with E-state index in [1.807, 2.05) is 55.5 Å². The van der Waals surface area contributed by atoms with Gasteiger partial charge in [0, 0.05) is 6.42 Å². The van der Waals surface area contributed by atoms with Crippen LogP contribution in [0.3, 0.4) is 0 Å². The second-order valence-corrected chi connectivity index (χ2v) is 11.3. The van der Waals surface area contributed by atoms with E-state index in [1.54, 1.807) is 28.1 Å². The second-order valence-electron chi connectivity index (χ2n) is 11.3. The van der Waals surface area contributed by atoms with E-state index in [-0.39, 0.29) is 31.2 Å². The van der Waals surface area contributed by atoms with Crippen LogP contribution < -0.4 is 9.47 Å². The Labute approximate surface area is 243 Å². The van der Waals surface area contributed by atoms with Gasteiger partial charge in [0.25, 0.3) is 0 Å². The topological polar surface area (TPSA) is 102 Å². The summed E-state index contributed by atoms with van der Waals surface area (Å²) >= 11 is 0. The zero-order valence-electron chi connectivity index (χ0n) is 24.8. The predicted molar refractivity (Wildman–Crippen MR) is 152 cm³/mol. The van der Waals surface area contributed by atoms with Gasteiger partial charge in [-0.25, -0.2) is 0 Å². The summed E-state index contributed by atoms with van der Waals surface area (Å²) in [6, 6.07) is 15.5. The lowest BCUT2D eigenvalue weighted by molar-refractivity contribution is -0.273. The number of aliphatic hydroxyl groups is 1. The molecule has 1 N–H and O–H groups in total. The Morgan fingerprint density at radius 1 is 0.951 bits per heavy atom.